The minimum atomic E-state index is 0.210. The first-order chi connectivity index (χ1) is 11.8. The van der Waals surface area contributed by atoms with Crippen LogP contribution in [0.25, 0.3) is 0 Å². The maximum atomic E-state index is 12.1. The summed E-state index contributed by atoms with van der Waals surface area (Å²) in [5.41, 5.74) is 1.39. The van der Waals surface area contributed by atoms with E-state index in [0.717, 1.165) is 38.5 Å². The van der Waals surface area contributed by atoms with Crippen molar-refractivity contribution in [3.8, 4) is 0 Å². The number of hydrogen-bond donors (Lipinski definition) is 2. The molecule has 0 bridgehead atoms. The first kappa shape index (κ1) is 17.8. The van der Waals surface area contributed by atoms with E-state index in [2.05, 4.69) is 45.9 Å². The molecule has 3 rings (SSSR count). The van der Waals surface area contributed by atoms with Crippen LogP contribution in [0, 0.1) is 5.92 Å². The molecule has 1 unspecified atom stereocenters. The van der Waals surface area contributed by atoms with Gasteiger partial charge >= 0.3 is 0 Å². The monoisotopic (exact) mass is 347 g/mol. The second-order valence-corrected chi connectivity index (χ2v) is 8.09. The second kappa shape index (κ2) is 9.44. The zero-order valence-corrected chi connectivity index (χ0v) is 15.2. The summed E-state index contributed by atoms with van der Waals surface area (Å²) >= 11 is 1.94. The highest BCUT2D eigenvalue weighted by molar-refractivity contribution is 7.99. The molecule has 0 saturated carbocycles. The predicted molar refractivity (Wildman–Crippen MR) is 101 cm³/mol. The number of nitrogens with one attached hydrogen (secondary N) is 2. The number of benzene rings is 1. The van der Waals surface area contributed by atoms with E-state index in [9.17, 15) is 4.79 Å². The summed E-state index contributed by atoms with van der Waals surface area (Å²) in [6.45, 7) is 5.19. The first-order valence-corrected chi connectivity index (χ1v) is 10.3. The van der Waals surface area contributed by atoms with Crippen LogP contribution < -0.4 is 10.6 Å². The van der Waals surface area contributed by atoms with Crippen LogP contribution in [0.4, 0.5) is 0 Å². The number of hydrogen-bond acceptors (Lipinski definition) is 4. The fraction of sp³-hybridized carbons (Fsp3) is 0.632. The fourth-order valence-corrected chi connectivity index (χ4v) is 4.44. The van der Waals surface area contributed by atoms with E-state index in [4.69, 9.17) is 0 Å². The molecule has 0 aromatic heterocycles. The molecule has 24 heavy (non-hydrogen) atoms. The molecule has 5 heteroatoms. The molecule has 132 valence electrons. The normalized spacial score (nSPS) is 23.1. The number of piperidine rings is 1. The lowest BCUT2D eigenvalue weighted by Gasteiger charge is -2.32. The number of nitrogens with zero attached hydrogens (tertiary/aromatic N) is 1. The minimum Gasteiger partial charge on any atom is -0.356 e. The lowest BCUT2D eigenvalue weighted by atomic mass is 9.96. The molecule has 0 radical (unpaired) electrons. The van der Waals surface area contributed by atoms with Gasteiger partial charge in [-0.15, -0.1) is 0 Å². The standard InChI is InChI=1S/C19H29N3OS/c23-19(12-18-15-24-11-8-20-18)21-13-16-6-9-22(10-7-16)14-17-4-2-1-3-5-17/h1-5,16,18,20H,6-15H2,(H,21,23). The van der Waals surface area contributed by atoms with Gasteiger partial charge in [-0.1, -0.05) is 30.3 Å². The Hall–Kier alpha value is -1.04. The number of carbonyl (C=O) groups is 1. The van der Waals surface area contributed by atoms with E-state index in [-0.39, 0.29) is 5.91 Å². The van der Waals surface area contributed by atoms with Crippen molar-refractivity contribution in [3.05, 3.63) is 35.9 Å². The number of rotatable bonds is 6. The Balaban J connectivity index is 1.31. The number of thioether (sulfide) groups is 1. The Morgan fingerprint density at radius 1 is 1.25 bits per heavy atom. The van der Waals surface area contributed by atoms with Gasteiger partial charge in [0.25, 0.3) is 0 Å². The van der Waals surface area contributed by atoms with E-state index in [1.54, 1.807) is 0 Å². The maximum Gasteiger partial charge on any atom is 0.221 e. The van der Waals surface area contributed by atoms with Gasteiger partial charge in [-0.25, -0.2) is 0 Å². The van der Waals surface area contributed by atoms with Crippen molar-refractivity contribution in [2.75, 3.05) is 37.7 Å². The van der Waals surface area contributed by atoms with E-state index in [0.29, 0.717) is 18.4 Å². The lowest BCUT2D eigenvalue weighted by molar-refractivity contribution is -0.121. The van der Waals surface area contributed by atoms with Crippen molar-refractivity contribution >= 4 is 17.7 Å². The van der Waals surface area contributed by atoms with E-state index < -0.39 is 0 Å². The zero-order valence-electron chi connectivity index (χ0n) is 14.4. The Kier molecular flexibility index (Phi) is 6.99. The van der Waals surface area contributed by atoms with Crippen molar-refractivity contribution in [1.29, 1.82) is 0 Å². The fourth-order valence-electron chi connectivity index (χ4n) is 3.50. The average Bonchev–Trinajstić information content (AvgIpc) is 2.63. The highest BCUT2D eigenvalue weighted by Crippen LogP contribution is 2.18. The van der Waals surface area contributed by atoms with Crippen molar-refractivity contribution in [1.82, 2.24) is 15.5 Å². The minimum absolute atomic E-state index is 0.210. The molecule has 2 saturated heterocycles. The van der Waals surface area contributed by atoms with Crippen LogP contribution in [-0.4, -0.2) is 54.5 Å². The second-order valence-electron chi connectivity index (χ2n) is 6.94. The molecule has 1 atom stereocenters. The Bertz CT molecular complexity index is 497. The van der Waals surface area contributed by atoms with Crippen LogP contribution in [0.15, 0.2) is 30.3 Å². The Morgan fingerprint density at radius 3 is 2.75 bits per heavy atom. The van der Waals surface area contributed by atoms with E-state index >= 15 is 0 Å². The predicted octanol–water partition coefficient (Wildman–Crippen LogP) is 2.11. The zero-order chi connectivity index (χ0) is 16.6. The number of carbonyl (C=O) groups excluding carboxylic acids is 1. The van der Waals surface area contributed by atoms with Crippen LogP contribution in [0.3, 0.4) is 0 Å². The largest absolute Gasteiger partial charge is 0.356 e. The summed E-state index contributed by atoms with van der Waals surface area (Å²) in [5, 5.41) is 6.59. The van der Waals surface area contributed by atoms with Gasteiger partial charge in [0.05, 0.1) is 0 Å². The molecule has 1 aromatic carbocycles. The van der Waals surface area contributed by atoms with Gasteiger partial charge in [0.2, 0.25) is 5.91 Å². The van der Waals surface area contributed by atoms with Crippen molar-refractivity contribution in [2.24, 2.45) is 5.92 Å². The van der Waals surface area contributed by atoms with Crippen molar-refractivity contribution < 1.29 is 4.79 Å². The summed E-state index contributed by atoms with van der Waals surface area (Å²) in [4.78, 5) is 14.6. The van der Waals surface area contributed by atoms with Crippen LogP contribution >= 0.6 is 11.8 Å². The first-order valence-electron chi connectivity index (χ1n) is 9.13. The molecule has 2 fully saturated rings. The molecular formula is C19H29N3OS. The van der Waals surface area contributed by atoms with Crippen LogP contribution in [0.2, 0.25) is 0 Å². The highest BCUT2D eigenvalue weighted by atomic mass is 32.2. The number of likely N-dealkylation sites (tertiary alicyclic amines) is 1. The van der Waals surface area contributed by atoms with Crippen LogP contribution in [0.1, 0.15) is 24.8 Å². The summed E-state index contributed by atoms with van der Waals surface area (Å²) in [5.74, 6) is 3.07. The summed E-state index contributed by atoms with van der Waals surface area (Å²) in [6, 6.07) is 11.0. The van der Waals surface area contributed by atoms with Crippen molar-refractivity contribution in [2.45, 2.75) is 31.8 Å². The molecule has 2 heterocycles. The maximum absolute atomic E-state index is 12.1. The average molecular weight is 348 g/mol. The highest BCUT2D eigenvalue weighted by Gasteiger charge is 2.21. The summed E-state index contributed by atoms with van der Waals surface area (Å²) in [7, 11) is 0. The smallest absolute Gasteiger partial charge is 0.221 e. The van der Waals surface area contributed by atoms with Crippen LogP contribution in [-0.2, 0) is 11.3 Å². The Morgan fingerprint density at radius 2 is 2.04 bits per heavy atom. The molecule has 1 amide bonds. The Labute approximate surface area is 149 Å². The molecule has 2 N–H and O–H groups in total. The SMILES string of the molecule is O=C(CC1CSCCN1)NCC1CCN(Cc2ccccc2)CC1. The van der Waals surface area contributed by atoms with E-state index in [1.807, 2.05) is 11.8 Å². The summed E-state index contributed by atoms with van der Waals surface area (Å²) in [6.07, 6.45) is 3.00. The number of amides is 1. The summed E-state index contributed by atoms with van der Waals surface area (Å²) < 4.78 is 0. The topological polar surface area (TPSA) is 44.4 Å². The molecule has 2 aliphatic heterocycles. The van der Waals surface area contributed by atoms with Crippen LogP contribution in [0.5, 0.6) is 0 Å². The van der Waals surface area contributed by atoms with Gasteiger partial charge in [-0.05, 0) is 37.4 Å². The molecular weight excluding hydrogens is 318 g/mol. The van der Waals surface area contributed by atoms with Gasteiger partial charge in [0, 0.05) is 43.6 Å². The third-order valence-corrected chi connectivity index (χ3v) is 6.11. The third-order valence-electron chi connectivity index (χ3n) is 4.97. The lowest BCUT2D eigenvalue weighted by Crippen LogP contribution is -2.43. The molecule has 0 spiro atoms. The van der Waals surface area contributed by atoms with Gasteiger partial charge in [-0.2, -0.15) is 11.8 Å². The molecule has 1 aromatic rings. The van der Waals surface area contributed by atoms with Crippen molar-refractivity contribution in [3.63, 3.8) is 0 Å². The molecule has 0 aliphatic carbocycles. The van der Waals surface area contributed by atoms with Gasteiger partial charge in [-0.3, -0.25) is 9.69 Å². The van der Waals surface area contributed by atoms with Gasteiger partial charge in [0.15, 0.2) is 0 Å². The van der Waals surface area contributed by atoms with E-state index in [1.165, 1.54) is 24.2 Å². The quantitative estimate of drug-likeness (QED) is 0.827. The molecule has 2 aliphatic rings. The van der Waals surface area contributed by atoms with Gasteiger partial charge < -0.3 is 10.6 Å². The third kappa shape index (κ3) is 5.80. The molecule has 4 nitrogen and oxygen atoms in total. The van der Waals surface area contributed by atoms with Gasteiger partial charge in [0.1, 0.15) is 0 Å².